The zero-order valence-electron chi connectivity index (χ0n) is 58.7. The summed E-state index contributed by atoms with van der Waals surface area (Å²) in [6.45, 7) is 0. The summed E-state index contributed by atoms with van der Waals surface area (Å²) >= 11 is 3.66. The highest BCUT2D eigenvalue weighted by Gasteiger charge is 2.21. The summed E-state index contributed by atoms with van der Waals surface area (Å²) in [5.74, 6) is 0. The van der Waals surface area contributed by atoms with E-state index in [1.807, 2.05) is 0 Å². The minimum absolute atomic E-state index is 0.962. The fraction of sp³-hybridized carbons (Fsp3) is 0.00990. The van der Waals surface area contributed by atoms with Crippen molar-refractivity contribution in [2.24, 2.45) is 0 Å². The molecular weight excluding hydrogens is 1360 g/mol. The predicted octanol–water partition coefficient (Wildman–Crippen LogP) is 27.6. The van der Waals surface area contributed by atoms with Crippen LogP contribution in [0.2, 0.25) is 0 Å². The van der Waals surface area contributed by atoms with Crippen LogP contribution < -0.4 is 4.90 Å². The van der Waals surface area contributed by atoms with E-state index in [1.54, 1.807) is 0 Å². The first-order valence-electron chi connectivity index (χ1n) is 36.4. The monoisotopic (exact) mass is 1430 g/mol. The highest BCUT2D eigenvalue weighted by atomic mass is 79.9. The SMILES string of the molecule is Brc1ccc2c(c1)c1cc3c(ccn3-c3ccccc3)cc1n2-c1ccccc1.c1ccc(-c2ccc(Cc3ccc(-c4ccccc4)cc3)cc2)cc1.c1ccc(-c2ccc(N(c3ccc(-c4ccccc4)cc3)c3ccc4c(c3)c3cc5c(ccn5-c5ccccc5)cc3n4-c3ccccc3)cc2)cc1. The first-order valence-corrected chi connectivity index (χ1v) is 37.2. The smallest absolute Gasteiger partial charge is 0.0548 e. The lowest BCUT2D eigenvalue weighted by atomic mass is 9.98. The molecule has 0 fully saturated rings. The highest BCUT2D eigenvalue weighted by molar-refractivity contribution is 9.10. The predicted molar refractivity (Wildman–Crippen MR) is 455 cm³/mol. The number of rotatable bonds is 13. The van der Waals surface area contributed by atoms with Crippen LogP contribution in [-0.2, 0) is 6.42 Å². The molecule has 0 aliphatic rings. The maximum atomic E-state index is 3.66. The van der Waals surface area contributed by atoms with Gasteiger partial charge in [0.15, 0.2) is 0 Å². The van der Waals surface area contributed by atoms with Crippen molar-refractivity contribution in [1.29, 1.82) is 0 Å². The second kappa shape index (κ2) is 29.3. The van der Waals surface area contributed by atoms with Crippen LogP contribution in [-0.4, -0.2) is 18.3 Å². The Kier molecular flexibility index (Phi) is 17.9. The zero-order chi connectivity index (χ0) is 71.4. The van der Waals surface area contributed by atoms with Crippen molar-refractivity contribution in [3.8, 4) is 67.3 Å². The summed E-state index contributed by atoms with van der Waals surface area (Å²) in [6.07, 6.45) is 5.30. The number of para-hydroxylation sites is 4. The molecule has 0 spiro atoms. The zero-order valence-corrected chi connectivity index (χ0v) is 60.3. The quantitative estimate of drug-likeness (QED) is 0.113. The number of nitrogens with zero attached hydrogens (tertiary/aromatic N) is 5. The molecule has 0 aliphatic heterocycles. The van der Waals surface area contributed by atoms with Gasteiger partial charge in [0.1, 0.15) is 0 Å². The Hall–Kier alpha value is -13.5. The molecule has 4 aromatic heterocycles. The molecule has 4 heterocycles. The van der Waals surface area contributed by atoms with Gasteiger partial charge in [0.25, 0.3) is 0 Å². The Morgan fingerprint density at radius 2 is 0.505 bits per heavy atom. The van der Waals surface area contributed by atoms with Gasteiger partial charge in [0.2, 0.25) is 0 Å². The molecule has 107 heavy (non-hydrogen) atoms. The second-order valence-electron chi connectivity index (χ2n) is 27.1. The van der Waals surface area contributed by atoms with Crippen LogP contribution in [0.3, 0.4) is 0 Å². The van der Waals surface area contributed by atoms with Gasteiger partial charge in [-0.05, 0) is 208 Å². The van der Waals surface area contributed by atoms with E-state index in [-0.39, 0.29) is 0 Å². The molecular formula is C101H72BrN5. The Bertz CT molecular complexity index is 6270. The average molecular weight is 1440 g/mol. The number of anilines is 3. The molecule has 6 heteroatoms. The molecule has 0 unspecified atom stereocenters. The minimum Gasteiger partial charge on any atom is -0.317 e. The fourth-order valence-corrected chi connectivity index (χ4v) is 15.5. The van der Waals surface area contributed by atoms with E-state index in [4.69, 9.17) is 0 Å². The van der Waals surface area contributed by atoms with Gasteiger partial charge in [-0.25, -0.2) is 0 Å². The van der Waals surface area contributed by atoms with Crippen molar-refractivity contribution < 1.29 is 0 Å². The summed E-state index contributed by atoms with van der Waals surface area (Å²) in [5.41, 5.74) is 27.7. The fourth-order valence-electron chi connectivity index (χ4n) is 15.2. The molecule has 5 nitrogen and oxygen atoms in total. The van der Waals surface area contributed by atoms with Crippen molar-refractivity contribution in [1.82, 2.24) is 18.3 Å². The second-order valence-corrected chi connectivity index (χ2v) is 28.0. The molecule has 0 aliphatic carbocycles. The molecule has 508 valence electrons. The molecule has 0 bridgehead atoms. The third kappa shape index (κ3) is 13.3. The third-order valence-corrected chi connectivity index (χ3v) is 20.9. The number of hydrogen-bond donors (Lipinski definition) is 0. The molecule has 0 radical (unpaired) electrons. The van der Waals surface area contributed by atoms with Crippen molar-refractivity contribution in [3.05, 3.63) is 441 Å². The molecule has 0 atom stereocenters. The van der Waals surface area contributed by atoms with E-state index in [0.717, 1.165) is 39.3 Å². The van der Waals surface area contributed by atoms with Crippen LogP contribution >= 0.6 is 15.9 Å². The Morgan fingerprint density at radius 1 is 0.215 bits per heavy atom. The maximum absolute atomic E-state index is 3.66. The van der Waals surface area contributed by atoms with E-state index < -0.39 is 0 Å². The Morgan fingerprint density at radius 3 is 0.869 bits per heavy atom. The van der Waals surface area contributed by atoms with Crippen LogP contribution in [0.5, 0.6) is 0 Å². The highest BCUT2D eigenvalue weighted by Crippen LogP contribution is 2.43. The van der Waals surface area contributed by atoms with Gasteiger partial charge >= 0.3 is 0 Å². The molecule has 20 rings (SSSR count). The van der Waals surface area contributed by atoms with E-state index in [9.17, 15) is 0 Å². The van der Waals surface area contributed by atoms with Crippen LogP contribution in [0.25, 0.3) is 133 Å². The van der Waals surface area contributed by atoms with Crippen LogP contribution in [0.4, 0.5) is 17.1 Å². The Balaban J connectivity index is 0.000000126. The average Bonchev–Trinajstić information content (AvgIpc) is 1.58. The molecule has 0 N–H and O–H groups in total. The van der Waals surface area contributed by atoms with Crippen molar-refractivity contribution >= 4 is 98.4 Å². The molecule has 0 saturated heterocycles. The van der Waals surface area contributed by atoms with Gasteiger partial charge < -0.3 is 23.2 Å². The van der Waals surface area contributed by atoms with Gasteiger partial charge in [-0.2, -0.15) is 0 Å². The standard InChI is InChI=1S/C50H35N3.C26H17BrN2.C25H20/c1-5-13-36(14-6-1)38-21-25-43(26-22-38)52(44-27-23-39(24-28-44)37-15-7-2-8-16-37)45-29-30-48-46(34-45)47-35-49-40(31-32-51(49)41-17-9-3-10-18-41)33-50(47)53(48)42-19-11-4-12-20-42;27-19-11-12-24-22(16-19)23-17-25-18(13-14-28(25)20-7-3-1-4-8-20)15-26(23)29(24)21-9-5-2-6-10-21;1-3-7-22(8-4-1)24-15-11-20(12-16-24)19-21-13-17-25(18-14-21)23-9-5-2-6-10-23/h1-35H;1-17H;1-18H,19H2. The summed E-state index contributed by atoms with van der Waals surface area (Å²) in [7, 11) is 0. The van der Waals surface area contributed by atoms with Gasteiger partial charge in [-0.3, -0.25) is 0 Å². The summed E-state index contributed by atoms with van der Waals surface area (Å²) < 4.78 is 10.4. The van der Waals surface area contributed by atoms with Gasteiger partial charge in [-0.1, -0.05) is 283 Å². The van der Waals surface area contributed by atoms with Crippen LogP contribution in [0, 0.1) is 0 Å². The largest absolute Gasteiger partial charge is 0.317 e. The normalized spacial score (nSPS) is 11.3. The maximum Gasteiger partial charge on any atom is 0.0548 e. The lowest BCUT2D eigenvalue weighted by Crippen LogP contribution is -2.10. The Labute approximate surface area is 631 Å². The van der Waals surface area contributed by atoms with E-state index in [2.05, 4.69) is 464 Å². The topological polar surface area (TPSA) is 23.0 Å². The summed E-state index contributed by atoms with van der Waals surface area (Å²) in [6, 6.07) is 147. The minimum atomic E-state index is 0.962. The van der Waals surface area contributed by atoms with E-state index in [0.29, 0.717) is 0 Å². The first-order chi connectivity index (χ1) is 53.0. The van der Waals surface area contributed by atoms with E-state index in [1.165, 1.54) is 132 Å². The number of fused-ring (bicyclic) bond motifs is 8. The van der Waals surface area contributed by atoms with Crippen molar-refractivity contribution in [2.45, 2.75) is 6.42 Å². The van der Waals surface area contributed by atoms with Gasteiger partial charge in [0.05, 0.1) is 33.1 Å². The molecule has 0 saturated carbocycles. The number of hydrogen-bond acceptors (Lipinski definition) is 1. The summed E-state index contributed by atoms with van der Waals surface area (Å²) in [5, 5.41) is 7.37. The van der Waals surface area contributed by atoms with Crippen molar-refractivity contribution in [3.63, 3.8) is 0 Å². The lowest BCUT2D eigenvalue weighted by molar-refractivity contribution is 1.13. The van der Waals surface area contributed by atoms with E-state index >= 15 is 0 Å². The van der Waals surface area contributed by atoms with Crippen LogP contribution in [0.1, 0.15) is 11.1 Å². The number of benzene rings is 16. The number of aromatic nitrogens is 4. The van der Waals surface area contributed by atoms with Crippen molar-refractivity contribution in [2.75, 3.05) is 4.90 Å². The third-order valence-electron chi connectivity index (χ3n) is 20.4. The van der Waals surface area contributed by atoms with Crippen LogP contribution in [0.15, 0.2) is 429 Å². The first kappa shape index (κ1) is 65.5. The molecule has 20 aromatic rings. The van der Waals surface area contributed by atoms with Gasteiger partial charge in [-0.15, -0.1) is 0 Å². The van der Waals surface area contributed by atoms with Gasteiger partial charge in [0, 0.05) is 89.0 Å². The number of halogens is 1. The lowest BCUT2D eigenvalue weighted by Gasteiger charge is -2.26. The molecule has 0 amide bonds. The molecule has 16 aromatic carbocycles. The summed E-state index contributed by atoms with van der Waals surface area (Å²) in [4.78, 5) is 2.37.